The van der Waals surface area contributed by atoms with E-state index in [2.05, 4.69) is 10.0 Å². The van der Waals surface area contributed by atoms with E-state index in [1.807, 2.05) is 13.8 Å². The monoisotopic (exact) mass is 286 g/mol. The molecule has 0 saturated carbocycles. The quantitative estimate of drug-likeness (QED) is 0.699. The Morgan fingerprint density at radius 2 is 1.84 bits per heavy atom. The lowest BCUT2D eigenvalue weighted by molar-refractivity contribution is 0.164. The maximum absolute atomic E-state index is 11.6. The van der Waals surface area contributed by atoms with E-state index in [0.29, 0.717) is 13.0 Å². The van der Waals surface area contributed by atoms with E-state index in [-0.39, 0.29) is 17.0 Å². The smallest absolute Gasteiger partial charge is 0.240 e. The van der Waals surface area contributed by atoms with Crippen molar-refractivity contribution in [1.82, 2.24) is 10.0 Å². The third-order valence-electron chi connectivity index (χ3n) is 3.09. The summed E-state index contributed by atoms with van der Waals surface area (Å²) in [6, 6.07) is 6.78. The zero-order valence-corrected chi connectivity index (χ0v) is 12.4. The number of aliphatic hydroxyl groups excluding tert-OH is 1. The molecule has 2 atom stereocenters. The molecule has 19 heavy (non-hydrogen) atoms. The topological polar surface area (TPSA) is 78.4 Å². The summed E-state index contributed by atoms with van der Waals surface area (Å²) in [6.45, 7) is 4.42. The fraction of sp³-hybridized carbons (Fsp3) is 0.538. The minimum absolute atomic E-state index is 0.0625. The van der Waals surface area contributed by atoms with E-state index >= 15 is 0 Å². The summed E-state index contributed by atoms with van der Waals surface area (Å²) < 4.78 is 25.4. The zero-order chi connectivity index (χ0) is 14.5. The van der Waals surface area contributed by atoms with Crippen LogP contribution in [0.3, 0.4) is 0 Å². The lowest BCUT2D eigenvalue weighted by atomic mass is 10.1. The van der Waals surface area contributed by atoms with Gasteiger partial charge in [0.1, 0.15) is 0 Å². The van der Waals surface area contributed by atoms with Crippen molar-refractivity contribution in [2.24, 2.45) is 0 Å². The summed E-state index contributed by atoms with van der Waals surface area (Å²) in [5.74, 6) is 0. The molecule has 3 N–H and O–H groups in total. The first-order chi connectivity index (χ1) is 8.90. The van der Waals surface area contributed by atoms with Gasteiger partial charge in [0.05, 0.1) is 11.0 Å². The van der Waals surface area contributed by atoms with Gasteiger partial charge in [-0.3, -0.25) is 0 Å². The normalized spacial score (nSPS) is 15.2. The molecular weight excluding hydrogens is 264 g/mol. The largest absolute Gasteiger partial charge is 0.392 e. The van der Waals surface area contributed by atoms with Crippen molar-refractivity contribution in [3.05, 3.63) is 29.8 Å². The lowest BCUT2D eigenvalue weighted by Crippen LogP contribution is -2.28. The van der Waals surface area contributed by atoms with Gasteiger partial charge in [0, 0.05) is 12.6 Å². The minimum atomic E-state index is -3.38. The summed E-state index contributed by atoms with van der Waals surface area (Å²) in [5.41, 5.74) is 0.985. The van der Waals surface area contributed by atoms with Crippen LogP contribution in [0.1, 0.15) is 31.9 Å². The van der Waals surface area contributed by atoms with Crippen molar-refractivity contribution in [3.63, 3.8) is 0 Å². The lowest BCUT2D eigenvalue weighted by Gasteiger charge is -2.17. The maximum atomic E-state index is 11.6. The molecule has 0 heterocycles. The first-order valence-corrected chi connectivity index (χ1v) is 7.84. The summed E-state index contributed by atoms with van der Waals surface area (Å²) >= 11 is 0. The van der Waals surface area contributed by atoms with Gasteiger partial charge in [0.2, 0.25) is 10.0 Å². The van der Waals surface area contributed by atoms with Gasteiger partial charge < -0.3 is 10.4 Å². The predicted molar refractivity (Wildman–Crippen MR) is 75.4 cm³/mol. The van der Waals surface area contributed by atoms with Gasteiger partial charge in [-0.1, -0.05) is 19.1 Å². The molecule has 0 aliphatic heterocycles. The average Bonchev–Trinajstić information content (AvgIpc) is 2.44. The Kier molecular flexibility index (Phi) is 5.93. The molecule has 2 unspecified atom stereocenters. The summed E-state index contributed by atoms with van der Waals surface area (Å²) in [6.07, 6.45) is 0.352. The third-order valence-corrected chi connectivity index (χ3v) is 4.52. The summed E-state index contributed by atoms with van der Waals surface area (Å²) in [7, 11) is -1.99. The number of nitrogens with one attached hydrogen (secondary N) is 2. The molecule has 1 aromatic rings. The first kappa shape index (κ1) is 16.1. The van der Waals surface area contributed by atoms with Crippen LogP contribution >= 0.6 is 0 Å². The highest BCUT2D eigenvalue weighted by atomic mass is 32.2. The van der Waals surface area contributed by atoms with Gasteiger partial charge in [-0.05, 0) is 38.1 Å². The number of hydrogen-bond donors (Lipinski definition) is 3. The van der Waals surface area contributed by atoms with E-state index in [9.17, 15) is 13.5 Å². The van der Waals surface area contributed by atoms with Crippen LogP contribution in [0.5, 0.6) is 0 Å². The van der Waals surface area contributed by atoms with Crippen molar-refractivity contribution >= 4 is 10.0 Å². The molecule has 0 aliphatic carbocycles. The van der Waals surface area contributed by atoms with Gasteiger partial charge in [-0.15, -0.1) is 0 Å². The number of rotatable bonds is 7. The van der Waals surface area contributed by atoms with Crippen LogP contribution in [-0.2, 0) is 10.0 Å². The molecule has 0 saturated heterocycles. The zero-order valence-electron chi connectivity index (χ0n) is 11.6. The standard InChI is InChI=1S/C13H22N2O3S/c1-4-12(16)9-15-10(2)11-5-7-13(8-6-11)19(17,18)14-3/h5-8,10,12,14-16H,4,9H2,1-3H3. The van der Waals surface area contributed by atoms with E-state index in [0.717, 1.165) is 5.56 Å². The first-order valence-electron chi connectivity index (χ1n) is 6.35. The molecule has 0 aliphatic rings. The molecule has 1 aromatic carbocycles. The predicted octanol–water partition coefficient (Wildman–Crippen LogP) is 1.02. The molecule has 1 rings (SSSR count). The van der Waals surface area contributed by atoms with Crippen LogP contribution in [-0.4, -0.2) is 33.2 Å². The second-order valence-corrected chi connectivity index (χ2v) is 6.36. The van der Waals surface area contributed by atoms with Crippen LogP contribution < -0.4 is 10.0 Å². The Bertz CT molecular complexity index is 485. The summed E-state index contributed by atoms with van der Waals surface area (Å²) in [5, 5.41) is 12.7. The Balaban J connectivity index is 2.71. The van der Waals surface area contributed by atoms with Crippen LogP contribution in [0, 0.1) is 0 Å². The van der Waals surface area contributed by atoms with Gasteiger partial charge in [0.25, 0.3) is 0 Å². The highest BCUT2D eigenvalue weighted by Gasteiger charge is 2.12. The Hall–Kier alpha value is -0.950. The van der Waals surface area contributed by atoms with Gasteiger partial charge in [0.15, 0.2) is 0 Å². The molecule has 0 bridgehead atoms. The van der Waals surface area contributed by atoms with E-state index < -0.39 is 10.0 Å². The van der Waals surface area contributed by atoms with E-state index in [4.69, 9.17) is 0 Å². The fourth-order valence-corrected chi connectivity index (χ4v) is 2.36. The van der Waals surface area contributed by atoms with Crippen LogP contribution in [0.2, 0.25) is 0 Å². The number of aliphatic hydroxyl groups is 1. The van der Waals surface area contributed by atoms with Gasteiger partial charge in [-0.2, -0.15) is 0 Å². The van der Waals surface area contributed by atoms with Crippen molar-refractivity contribution in [2.45, 2.75) is 37.3 Å². The maximum Gasteiger partial charge on any atom is 0.240 e. The molecular formula is C13H22N2O3S. The van der Waals surface area contributed by atoms with Gasteiger partial charge in [-0.25, -0.2) is 13.1 Å². The van der Waals surface area contributed by atoms with Crippen molar-refractivity contribution < 1.29 is 13.5 Å². The van der Waals surface area contributed by atoms with E-state index in [1.165, 1.54) is 7.05 Å². The molecule has 6 heteroatoms. The number of hydrogen-bond acceptors (Lipinski definition) is 4. The third kappa shape index (κ3) is 4.58. The van der Waals surface area contributed by atoms with Crippen molar-refractivity contribution in [2.75, 3.05) is 13.6 Å². The number of benzene rings is 1. The average molecular weight is 286 g/mol. The molecule has 5 nitrogen and oxygen atoms in total. The molecule has 0 amide bonds. The SMILES string of the molecule is CCC(O)CNC(C)c1ccc(S(=O)(=O)NC)cc1. The molecule has 108 valence electrons. The molecule has 0 radical (unpaired) electrons. The Morgan fingerprint density at radius 3 is 2.32 bits per heavy atom. The molecule has 0 fully saturated rings. The van der Waals surface area contributed by atoms with Crippen LogP contribution in [0.25, 0.3) is 0 Å². The van der Waals surface area contributed by atoms with Crippen LogP contribution in [0.15, 0.2) is 29.2 Å². The summed E-state index contributed by atoms with van der Waals surface area (Å²) in [4.78, 5) is 0.250. The van der Waals surface area contributed by atoms with Crippen molar-refractivity contribution in [1.29, 1.82) is 0 Å². The second-order valence-electron chi connectivity index (χ2n) is 4.47. The molecule has 0 aromatic heterocycles. The van der Waals surface area contributed by atoms with E-state index in [1.54, 1.807) is 24.3 Å². The minimum Gasteiger partial charge on any atom is -0.392 e. The Labute approximate surface area is 115 Å². The highest BCUT2D eigenvalue weighted by Crippen LogP contribution is 2.16. The van der Waals surface area contributed by atoms with Crippen LogP contribution in [0.4, 0.5) is 0 Å². The molecule has 0 spiro atoms. The second kappa shape index (κ2) is 7.00. The highest BCUT2D eigenvalue weighted by molar-refractivity contribution is 7.89. The van der Waals surface area contributed by atoms with Crippen molar-refractivity contribution in [3.8, 4) is 0 Å². The Morgan fingerprint density at radius 1 is 1.26 bits per heavy atom. The van der Waals surface area contributed by atoms with Gasteiger partial charge >= 0.3 is 0 Å². The number of sulfonamides is 1. The fourth-order valence-electron chi connectivity index (χ4n) is 1.63.